The lowest BCUT2D eigenvalue weighted by atomic mass is 9.93. The molecule has 4 nitrogen and oxygen atoms in total. The molecular weight excluding hydrogens is 355 g/mol. The number of alkyl halides is 1. The Bertz CT molecular complexity index is 776. The highest BCUT2D eigenvalue weighted by Gasteiger charge is 2.42. The van der Waals surface area contributed by atoms with Crippen molar-refractivity contribution in [2.24, 2.45) is 0 Å². The van der Waals surface area contributed by atoms with Crippen LogP contribution in [-0.4, -0.2) is 42.3 Å². The first-order valence-electron chi connectivity index (χ1n) is 10.1. The van der Waals surface area contributed by atoms with Crippen LogP contribution in [0.5, 0.6) is 0 Å². The fourth-order valence-electron chi connectivity index (χ4n) is 3.88. The summed E-state index contributed by atoms with van der Waals surface area (Å²) in [6.07, 6.45) is 1.41. The van der Waals surface area contributed by atoms with Crippen LogP contribution in [-0.2, 0) is 11.3 Å². The van der Waals surface area contributed by atoms with Crippen LogP contribution in [0.2, 0.25) is 0 Å². The summed E-state index contributed by atoms with van der Waals surface area (Å²) in [6, 6.07) is 20.3. The predicted octanol–water partition coefficient (Wildman–Crippen LogP) is 4.27. The van der Waals surface area contributed by atoms with E-state index in [4.69, 9.17) is 4.74 Å². The molecule has 1 heterocycles. The van der Waals surface area contributed by atoms with E-state index in [1.165, 1.54) is 5.56 Å². The maximum absolute atomic E-state index is 15.1. The Balaban J connectivity index is 1.18. The molecule has 2 atom stereocenters. The SMILES string of the molecule is O=C(OCc1ccccc1)N1CCC(F)(CN[C@@H]2C[C@H]2c2ccccc2)CC1. The molecule has 2 aliphatic rings. The summed E-state index contributed by atoms with van der Waals surface area (Å²) in [7, 11) is 0. The van der Waals surface area contributed by atoms with Crippen molar-refractivity contribution in [2.45, 2.75) is 43.5 Å². The maximum Gasteiger partial charge on any atom is 0.410 e. The average Bonchev–Trinajstić information content (AvgIpc) is 3.53. The van der Waals surface area contributed by atoms with E-state index in [1.54, 1.807) is 4.90 Å². The minimum Gasteiger partial charge on any atom is -0.445 e. The molecule has 28 heavy (non-hydrogen) atoms. The van der Waals surface area contributed by atoms with Gasteiger partial charge in [-0.25, -0.2) is 9.18 Å². The van der Waals surface area contributed by atoms with Crippen molar-refractivity contribution in [3.05, 3.63) is 71.8 Å². The lowest BCUT2D eigenvalue weighted by Crippen LogP contribution is -2.49. The van der Waals surface area contributed by atoms with Gasteiger partial charge in [0.15, 0.2) is 0 Å². The van der Waals surface area contributed by atoms with Crippen LogP contribution in [0.1, 0.15) is 36.3 Å². The number of piperidine rings is 1. The molecular formula is C23H27FN2O2. The molecule has 1 saturated carbocycles. The third-order valence-electron chi connectivity index (χ3n) is 5.82. The average molecular weight is 382 g/mol. The molecule has 148 valence electrons. The molecule has 1 N–H and O–H groups in total. The van der Waals surface area contributed by atoms with Crippen molar-refractivity contribution in [2.75, 3.05) is 19.6 Å². The number of nitrogens with one attached hydrogen (secondary N) is 1. The van der Waals surface area contributed by atoms with E-state index in [1.807, 2.05) is 48.5 Å². The van der Waals surface area contributed by atoms with Gasteiger partial charge in [-0.15, -0.1) is 0 Å². The maximum atomic E-state index is 15.1. The van der Waals surface area contributed by atoms with E-state index in [-0.39, 0.29) is 12.7 Å². The predicted molar refractivity (Wildman–Crippen MR) is 107 cm³/mol. The molecule has 4 rings (SSSR count). The van der Waals surface area contributed by atoms with Crippen molar-refractivity contribution >= 4 is 6.09 Å². The smallest absolute Gasteiger partial charge is 0.410 e. The second-order valence-electron chi connectivity index (χ2n) is 7.92. The monoisotopic (exact) mass is 382 g/mol. The van der Waals surface area contributed by atoms with Crippen molar-refractivity contribution in [1.29, 1.82) is 0 Å². The zero-order chi connectivity index (χ0) is 19.4. The molecule has 1 aliphatic heterocycles. The van der Waals surface area contributed by atoms with Gasteiger partial charge < -0.3 is 15.0 Å². The Morgan fingerprint density at radius 1 is 1.07 bits per heavy atom. The van der Waals surface area contributed by atoms with E-state index in [2.05, 4.69) is 17.4 Å². The van der Waals surface area contributed by atoms with Gasteiger partial charge in [0.05, 0.1) is 0 Å². The molecule has 0 bridgehead atoms. The van der Waals surface area contributed by atoms with Crippen LogP contribution < -0.4 is 5.32 Å². The first kappa shape index (κ1) is 18.9. The quantitative estimate of drug-likeness (QED) is 0.811. The van der Waals surface area contributed by atoms with Gasteiger partial charge in [0.1, 0.15) is 12.3 Å². The second kappa shape index (κ2) is 8.31. The molecule has 0 spiro atoms. The topological polar surface area (TPSA) is 41.6 Å². The van der Waals surface area contributed by atoms with Gasteiger partial charge in [0.25, 0.3) is 0 Å². The number of nitrogens with zero attached hydrogens (tertiary/aromatic N) is 1. The van der Waals surface area contributed by atoms with Crippen LogP contribution in [0.25, 0.3) is 0 Å². The van der Waals surface area contributed by atoms with Crippen molar-refractivity contribution in [1.82, 2.24) is 10.2 Å². The third-order valence-corrected chi connectivity index (χ3v) is 5.82. The van der Waals surface area contributed by atoms with E-state index < -0.39 is 5.67 Å². The summed E-state index contributed by atoms with van der Waals surface area (Å²) in [5.74, 6) is 0.498. The number of hydrogen-bond donors (Lipinski definition) is 1. The number of amides is 1. The largest absolute Gasteiger partial charge is 0.445 e. The number of hydrogen-bond acceptors (Lipinski definition) is 3. The summed E-state index contributed by atoms with van der Waals surface area (Å²) >= 11 is 0. The van der Waals surface area contributed by atoms with Gasteiger partial charge in [-0.05, 0) is 17.5 Å². The van der Waals surface area contributed by atoms with E-state index in [9.17, 15) is 4.79 Å². The summed E-state index contributed by atoms with van der Waals surface area (Å²) in [5, 5.41) is 3.40. The zero-order valence-electron chi connectivity index (χ0n) is 16.0. The molecule has 1 saturated heterocycles. The van der Waals surface area contributed by atoms with Gasteiger partial charge in [0, 0.05) is 44.4 Å². The molecule has 0 radical (unpaired) electrons. The summed E-state index contributed by atoms with van der Waals surface area (Å²) in [5.41, 5.74) is 1.03. The van der Waals surface area contributed by atoms with E-state index >= 15 is 4.39 Å². The molecule has 2 aromatic rings. The van der Waals surface area contributed by atoms with Crippen LogP contribution in [0.3, 0.4) is 0 Å². The Kier molecular flexibility index (Phi) is 5.62. The number of ether oxygens (including phenoxy) is 1. The van der Waals surface area contributed by atoms with E-state index in [0.29, 0.717) is 44.4 Å². The fourth-order valence-corrected chi connectivity index (χ4v) is 3.88. The van der Waals surface area contributed by atoms with E-state index in [0.717, 1.165) is 12.0 Å². The van der Waals surface area contributed by atoms with Crippen LogP contribution in [0.15, 0.2) is 60.7 Å². The minimum absolute atomic E-state index is 0.251. The van der Waals surface area contributed by atoms with Crippen molar-refractivity contribution < 1.29 is 13.9 Å². The first-order chi connectivity index (χ1) is 13.6. The lowest BCUT2D eigenvalue weighted by molar-refractivity contribution is 0.0408. The Morgan fingerprint density at radius 2 is 1.71 bits per heavy atom. The molecule has 1 aliphatic carbocycles. The minimum atomic E-state index is -1.25. The number of carbonyl (C=O) groups is 1. The molecule has 0 unspecified atom stereocenters. The number of likely N-dealkylation sites (tertiary alicyclic amines) is 1. The Morgan fingerprint density at radius 3 is 2.39 bits per heavy atom. The van der Waals surface area contributed by atoms with Gasteiger partial charge in [0.2, 0.25) is 0 Å². The highest BCUT2D eigenvalue weighted by Crippen LogP contribution is 2.41. The zero-order valence-corrected chi connectivity index (χ0v) is 16.0. The Hall–Kier alpha value is -2.40. The van der Waals surface area contributed by atoms with Gasteiger partial charge in [-0.2, -0.15) is 0 Å². The highest BCUT2D eigenvalue weighted by molar-refractivity contribution is 5.67. The third kappa shape index (κ3) is 4.71. The van der Waals surface area contributed by atoms with Crippen molar-refractivity contribution in [3.8, 4) is 0 Å². The van der Waals surface area contributed by atoms with Crippen LogP contribution >= 0.6 is 0 Å². The molecule has 5 heteroatoms. The standard InChI is InChI=1S/C23H27FN2O2/c24-23(17-25-21-15-20(21)19-9-5-2-6-10-19)11-13-26(14-12-23)22(27)28-16-18-7-3-1-4-8-18/h1-10,20-21,25H,11-17H2/t20-,21+/m0/s1. The molecule has 2 aromatic carbocycles. The summed E-state index contributed by atoms with van der Waals surface area (Å²) in [6.45, 7) is 1.41. The molecule has 0 aromatic heterocycles. The molecule has 2 fully saturated rings. The second-order valence-corrected chi connectivity index (χ2v) is 7.92. The number of carbonyl (C=O) groups excluding carboxylic acids is 1. The number of benzene rings is 2. The van der Waals surface area contributed by atoms with Gasteiger partial charge in [-0.1, -0.05) is 60.7 Å². The highest BCUT2D eigenvalue weighted by atomic mass is 19.1. The van der Waals surface area contributed by atoms with Gasteiger partial charge >= 0.3 is 6.09 Å². The fraction of sp³-hybridized carbons (Fsp3) is 0.435. The van der Waals surface area contributed by atoms with Crippen LogP contribution in [0.4, 0.5) is 9.18 Å². The van der Waals surface area contributed by atoms with Crippen LogP contribution in [0, 0.1) is 0 Å². The normalized spacial score (nSPS) is 23.2. The summed E-state index contributed by atoms with van der Waals surface area (Å²) in [4.78, 5) is 13.8. The number of halogens is 1. The summed E-state index contributed by atoms with van der Waals surface area (Å²) < 4.78 is 20.5. The van der Waals surface area contributed by atoms with Gasteiger partial charge in [-0.3, -0.25) is 0 Å². The molecule has 1 amide bonds. The lowest BCUT2D eigenvalue weighted by Gasteiger charge is -2.36. The van der Waals surface area contributed by atoms with Crippen molar-refractivity contribution in [3.63, 3.8) is 0 Å². The Labute approximate surface area is 165 Å². The first-order valence-corrected chi connectivity index (χ1v) is 10.1. The number of rotatable bonds is 6.